The van der Waals surface area contributed by atoms with Gasteiger partial charge < -0.3 is 9.64 Å². The van der Waals surface area contributed by atoms with Gasteiger partial charge in [-0.2, -0.15) is 5.26 Å². The summed E-state index contributed by atoms with van der Waals surface area (Å²) in [7, 11) is 0. The minimum Gasteiger partial charge on any atom is -0.488 e. The number of aromatic nitrogens is 1. The van der Waals surface area contributed by atoms with Gasteiger partial charge in [0.1, 0.15) is 23.5 Å². The Hall–Kier alpha value is -3.14. The van der Waals surface area contributed by atoms with Gasteiger partial charge in [0, 0.05) is 37.1 Å². The molecule has 0 aliphatic carbocycles. The van der Waals surface area contributed by atoms with Gasteiger partial charge in [0.25, 0.3) is 5.69 Å². The minimum absolute atomic E-state index is 0.0399. The highest BCUT2D eigenvalue weighted by atomic mass is 16.6. The molecule has 0 N–H and O–H groups in total. The fourth-order valence-electron chi connectivity index (χ4n) is 2.64. The van der Waals surface area contributed by atoms with E-state index in [4.69, 9.17) is 10.00 Å². The first-order valence-electron chi connectivity index (χ1n) is 7.17. The van der Waals surface area contributed by atoms with Crippen molar-refractivity contribution in [2.75, 3.05) is 18.0 Å². The zero-order valence-corrected chi connectivity index (χ0v) is 12.3. The van der Waals surface area contributed by atoms with Crippen LogP contribution in [0.1, 0.15) is 12.0 Å². The molecule has 0 saturated carbocycles. The van der Waals surface area contributed by atoms with Crippen LogP contribution in [0.4, 0.5) is 11.4 Å². The molecule has 1 aliphatic rings. The Kier molecular flexibility index (Phi) is 4.06. The lowest BCUT2D eigenvalue weighted by atomic mass is 10.1. The molecular weight excluding hydrogens is 296 g/mol. The predicted octanol–water partition coefficient (Wildman–Crippen LogP) is 2.52. The molecule has 0 radical (unpaired) electrons. The molecule has 116 valence electrons. The first kappa shape index (κ1) is 14.8. The lowest BCUT2D eigenvalue weighted by molar-refractivity contribution is -0.385. The molecule has 1 saturated heterocycles. The summed E-state index contributed by atoms with van der Waals surface area (Å²) in [6.45, 7) is 1.45. The summed E-state index contributed by atoms with van der Waals surface area (Å²) < 4.78 is 5.89. The van der Waals surface area contributed by atoms with Crippen molar-refractivity contribution in [1.29, 1.82) is 5.26 Å². The van der Waals surface area contributed by atoms with E-state index in [2.05, 4.69) is 9.88 Å². The molecule has 23 heavy (non-hydrogen) atoms. The zero-order chi connectivity index (χ0) is 16.2. The van der Waals surface area contributed by atoms with E-state index in [1.54, 1.807) is 24.5 Å². The maximum Gasteiger partial charge on any atom is 0.287 e. The first-order valence-corrected chi connectivity index (χ1v) is 7.17. The quantitative estimate of drug-likeness (QED) is 0.636. The molecule has 1 aromatic carbocycles. The Morgan fingerprint density at radius 2 is 2.13 bits per heavy atom. The molecule has 1 aliphatic heterocycles. The standard InChI is InChI=1S/C16H14N4O3/c17-10-12-9-13(1-2-16(12)20(21)22)19-8-5-15(11-19)23-14-3-6-18-7-4-14/h1-4,6-7,9,15H,5,8,11H2. The number of nitrogens with zero attached hydrogens (tertiary/aromatic N) is 4. The van der Waals surface area contributed by atoms with Crippen LogP contribution in [0.3, 0.4) is 0 Å². The molecule has 3 rings (SSSR count). The van der Waals surface area contributed by atoms with E-state index >= 15 is 0 Å². The molecule has 2 heterocycles. The van der Waals surface area contributed by atoms with E-state index < -0.39 is 4.92 Å². The fourth-order valence-corrected chi connectivity index (χ4v) is 2.64. The molecule has 0 bridgehead atoms. The summed E-state index contributed by atoms with van der Waals surface area (Å²) in [5.41, 5.74) is 0.707. The Morgan fingerprint density at radius 1 is 1.35 bits per heavy atom. The van der Waals surface area contributed by atoms with Crippen LogP contribution in [0, 0.1) is 21.4 Å². The van der Waals surface area contributed by atoms with Crippen molar-refractivity contribution < 1.29 is 9.66 Å². The Bertz CT molecular complexity index is 758. The van der Waals surface area contributed by atoms with E-state index in [0.29, 0.717) is 6.54 Å². The largest absolute Gasteiger partial charge is 0.488 e. The van der Waals surface area contributed by atoms with Gasteiger partial charge in [-0.3, -0.25) is 15.1 Å². The third kappa shape index (κ3) is 3.21. The lowest BCUT2D eigenvalue weighted by Crippen LogP contribution is -2.24. The highest BCUT2D eigenvalue weighted by Gasteiger charge is 2.25. The summed E-state index contributed by atoms with van der Waals surface area (Å²) in [5, 5.41) is 20.0. The monoisotopic (exact) mass is 310 g/mol. The second-order valence-electron chi connectivity index (χ2n) is 5.23. The van der Waals surface area contributed by atoms with Crippen molar-refractivity contribution in [3.8, 4) is 11.8 Å². The molecule has 0 spiro atoms. The number of rotatable bonds is 4. The summed E-state index contributed by atoms with van der Waals surface area (Å²) in [6, 6.07) is 10.1. The van der Waals surface area contributed by atoms with Crippen LogP contribution in [0.2, 0.25) is 0 Å². The normalized spacial score (nSPS) is 16.8. The van der Waals surface area contributed by atoms with E-state index in [0.717, 1.165) is 24.4 Å². The van der Waals surface area contributed by atoms with E-state index in [-0.39, 0.29) is 17.4 Å². The molecule has 1 unspecified atom stereocenters. The van der Waals surface area contributed by atoms with Crippen molar-refractivity contribution in [3.05, 3.63) is 58.4 Å². The average molecular weight is 310 g/mol. The predicted molar refractivity (Wildman–Crippen MR) is 83.3 cm³/mol. The van der Waals surface area contributed by atoms with Gasteiger partial charge in [0.05, 0.1) is 11.5 Å². The molecule has 0 amide bonds. The number of anilines is 1. The third-order valence-electron chi connectivity index (χ3n) is 3.76. The van der Waals surface area contributed by atoms with Gasteiger partial charge in [0.2, 0.25) is 0 Å². The van der Waals surface area contributed by atoms with Gasteiger partial charge in [-0.05, 0) is 24.3 Å². The van der Waals surface area contributed by atoms with Crippen LogP contribution in [0.25, 0.3) is 0 Å². The van der Waals surface area contributed by atoms with Crippen molar-refractivity contribution in [1.82, 2.24) is 4.98 Å². The minimum atomic E-state index is -0.540. The SMILES string of the molecule is N#Cc1cc(N2CCC(Oc3ccncc3)C2)ccc1[N+](=O)[O-]. The second-order valence-corrected chi connectivity index (χ2v) is 5.23. The van der Waals surface area contributed by atoms with Crippen molar-refractivity contribution in [3.63, 3.8) is 0 Å². The van der Waals surface area contributed by atoms with Gasteiger partial charge in [-0.1, -0.05) is 0 Å². The van der Waals surface area contributed by atoms with E-state index in [1.807, 2.05) is 18.2 Å². The summed E-state index contributed by atoms with van der Waals surface area (Å²) in [4.78, 5) is 16.4. The number of nitro groups is 1. The molecule has 7 heteroatoms. The Balaban J connectivity index is 1.72. The Morgan fingerprint density at radius 3 is 2.83 bits per heavy atom. The summed E-state index contributed by atoms with van der Waals surface area (Å²) in [5.74, 6) is 0.772. The number of hydrogen-bond acceptors (Lipinski definition) is 6. The molecule has 1 fully saturated rings. The first-order chi connectivity index (χ1) is 11.2. The van der Waals surface area contributed by atoms with Crippen LogP contribution >= 0.6 is 0 Å². The maximum atomic E-state index is 10.9. The van der Waals surface area contributed by atoms with Gasteiger partial charge in [0.15, 0.2) is 0 Å². The van der Waals surface area contributed by atoms with Crippen LogP contribution in [-0.2, 0) is 0 Å². The molecule has 2 aromatic rings. The number of pyridine rings is 1. The number of nitriles is 1. The van der Waals surface area contributed by atoms with Crippen LogP contribution in [-0.4, -0.2) is 29.1 Å². The topological polar surface area (TPSA) is 92.3 Å². The number of hydrogen-bond donors (Lipinski definition) is 0. The second kappa shape index (κ2) is 6.32. The number of ether oxygens (including phenoxy) is 1. The van der Waals surface area contributed by atoms with E-state index in [1.165, 1.54) is 6.07 Å². The van der Waals surface area contributed by atoms with Gasteiger partial charge >= 0.3 is 0 Å². The zero-order valence-electron chi connectivity index (χ0n) is 12.3. The van der Waals surface area contributed by atoms with Crippen molar-refractivity contribution in [2.24, 2.45) is 0 Å². The van der Waals surface area contributed by atoms with Crippen LogP contribution < -0.4 is 9.64 Å². The van der Waals surface area contributed by atoms with Gasteiger partial charge in [-0.25, -0.2) is 0 Å². The average Bonchev–Trinajstić information content (AvgIpc) is 3.03. The Labute approximate surface area is 132 Å². The van der Waals surface area contributed by atoms with Crippen LogP contribution in [0.5, 0.6) is 5.75 Å². The van der Waals surface area contributed by atoms with Crippen molar-refractivity contribution >= 4 is 11.4 Å². The summed E-state index contributed by atoms with van der Waals surface area (Å²) >= 11 is 0. The fraction of sp³-hybridized carbons (Fsp3) is 0.250. The molecular formula is C16H14N4O3. The summed E-state index contributed by atoms with van der Waals surface area (Å²) in [6.07, 6.45) is 4.24. The molecule has 1 aromatic heterocycles. The van der Waals surface area contributed by atoms with Crippen molar-refractivity contribution in [2.45, 2.75) is 12.5 Å². The maximum absolute atomic E-state index is 10.9. The van der Waals surface area contributed by atoms with Crippen LogP contribution in [0.15, 0.2) is 42.7 Å². The highest BCUT2D eigenvalue weighted by molar-refractivity contribution is 5.60. The number of benzene rings is 1. The smallest absolute Gasteiger partial charge is 0.287 e. The molecule has 1 atom stereocenters. The van der Waals surface area contributed by atoms with Gasteiger partial charge in [-0.15, -0.1) is 0 Å². The lowest BCUT2D eigenvalue weighted by Gasteiger charge is -2.19. The van der Waals surface area contributed by atoms with E-state index in [9.17, 15) is 10.1 Å². The number of nitro benzene ring substituents is 1. The highest BCUT2D eigenvalue weighted by Crippen LogP contribution is 2.28. The third-order valence-corrected chi connectivity index (χ3v) is 3.76. The molecule has 7 nitrogen and oxygen atoms in total.